The number of hydrogen-bond acceptors (Lipinski definition) is 2. The van der Waals surface area contributed by atoms with Crippen LogP contribution < -0.4 is 0 Å². The van der Waals surface area contributed by atoms with Crippen LogP contribution in [0.2, 0.25) is 0 Å². The van der Waals surface area contributed by atoms with Crippen LogP contribution in [0.25, 0.3) is 0 Å². The van der Waals surface area contributed by atoms with Gasteiger partial charge in [-0.2, -0.15) is 0 Å². The van der Waals surface area contributed by atoms with Crippen molar-refractivity contribution in [2.24, 2.45) is 5.41 Å². The van der Waals surface area contributed by atoms with Gasteiger partial charge in [-0.1, -0.05) is 6.08 Å². The lowest BCUT2D eigenvalue weighted by atomic mass is 9.66. The van der Waals surface area contributed by atoms with E-state index in [0.717, 1.165) is 0 Å². The molecule has 2 nitrogen and oxygen atoms in total. The van der Waals surface area contributed by atoms with Crippen LogP contribution in [0.5, 0.6) is 0 Å². The smallest absolute Gasteiger partial charge is 0.147 e. The van der Waals surface area contributed by atoms with E-state index in [2.05, 4.69) is 6.58 Å². The third kappa shape index (κ3) is 1.11. The third-order valence-electron chi connectivity index (χ3n) is 2.43. The van der Waals surface area contributed by atoms with Gasteiger partial charge in [-0.05, 0) is 13.8 Å². The fourth-order valence-corrected chi connectivity index (χ4v) is 1.33. The van der Waals surface area contributed by atoms with E-state index < -0.39 is 5.41 Å². The molecule has 1 fully saturated rings. The van der Waals surface area contributed by atoms with Gasteiger partial charge in [0.05, 0.1) is 11.5 Å². The zero-order valence-corrected chi connectivity index (χ0v) is 7.09. The van der Waals surface area contributed by atoms with Gasteiger partial charge in [0.25, 0.3) is 0 Å². The van der Waals surface area contributed by atoms with E-state index >= 15 is 0 Å². The van der Waals surface area contributed by atoms with Crippen LogP contribution in [0.15, 0.2) is 12.7 Å². The highest BCUT2D eigenvalue weighted by atomic mass is 16.5. The summed E-state index contributed by atoms with van der Waals surface area (Å²) < 4.78 is 5.36. The van der Waals surface area contributed by atoms with Crippen molar-refractivity contribution in [3.8, 4) is 0 Å². The van der Waals surface area contributed by atoms with Gasteiger partial charge in [0.15, 0.2) is 0 Å². The molecule has 1 aliphatic rings. The van der Waals surface area contributed by atoms with E-state index in [1.54, 1.807) is 6.08 Å². The van der Waals surface area contributed by atoms with Gasteiger partial charge in [-0.3, -0.25) is 4.79 Å². The third-order valence-corrected chi connectivity index (χ3v) is 2.43. The van der Waals surface area contributed by atoms with Crippen LogP contribution in [0.1, 0.15) is 20.3 Å². The number of Topliss-reactive ketones (excluding diaryl/α,β-unsaturated/α-hetero) is 1. The first-order valence-corrected chi connectivity index (χ1v) is 3.93. The summed E-state index contributed by atoms with van der Waals surface area (Å²) in [5.74, 6) is 0.242. The molecular weight excluding hydrogens is 140 g/mol. The predicted molar refractivity (Wildman–Crippen MR) is 43.3 cm³/mol. The first kappa shape index (κ1) is 8.47. The Bertz CT molecular complexity index is 186. The van der Waals surface area contributed by atoms with Crippen molar-refractivity contribution in [3.05, 3.63) is 12.7 Å². The molecule has 11 heavy (non-hydrogen) atoms. The Morgan fingerprint density at radius 3 is 2.91 bits per heavy atom. The molecule has 2 atom stereocenters. The predicted octanol–water partition coefficient (Wildman–Crippen LogP) is 1.56. The molecule has 0 N–H and O–H groups in total. The van der Waals surface area contributed by atoms with Crippen molar-refractivity contribution in [1.29, 1.82) is 0 Å². The van der Waals surface area contributed by atoms with Gasteiger partial charge in [-0.25, -0.2) is 0 Å². The Kier molecular flexibility index (Phi) is 2.14. The minimum absolute atomic E-state index is 0.0671. The van der Waals surface area contributed by atoms with Gasteiger partial charge in [0.1, 0.15) is 5.78 Å². The lowest BCUT2D eigenvalue weighted by Crippen LogP contribution is -2.51. The molecule has 0 aromatic carbocycles. The summed E-state index contributed by atoms with van der Waals surface area (Å²) in [6.45, 7) is 8.12. The number of ketones is 1. The second kappa shape index (κ2) is 2.78. The van der Waals surface area contributed by atoms with Crippen LogP contribution in [0, 0.1) is 5.41 Å². The molecule has 0 saturated heterocycles. The van der Waals surface area contributed by atoms with Crippen molar-refractivity contribution in [3.63, 3.8) is 0 Å². The van der Waals surface area contributed by atoms with E-state index in [-0.39, 0.29) is 11.9 Å². The van der Waals surface area contributed by atoms with Crippen molar-refractivity contribution in [2.75, 3.05) is 6.61 Å². The highest BCUT2D eigenvalue weighted by Crippen LogP contribution is 2.40. The molecule has 0 aromatic heterocycles. The van der Waals surface area contributed by atoms with Crippen LogP contribution >= 0.6 is 0 Å². The van der Waals surface area contributed by atoms with Gasteiger partial charge in [-0.15, -0.1) is 6.58 Å². The molecule has 0 aliphatic heterocycles. The van der Waals surface area contributed by atoms with Gasteiger partial charge in [0.2, 0.25) is 0 Å². The van der Waals surface area contributed by atoms with Gasteiger partial charge < -0.3 is 4.74 Å². The zero-order valence-electron chi connectivity index (χ0n) is 7.09. The van der Waals surface area contributed by atoms with Crippen molar-refractivity contribution in [2.45, 2.75) is 26.4 Å². The lowest BCUT2D eigenvalue weighted by molar-refractivity contribution is -0.153. The quantitative estimate of drug-likeness (QED) is 0.576. The molecule has 0 unspecified atom stereocenters. The maximum atomic E-state index is 11.1. The fourth-order valence-electron chi connectivity index (χ4n) is 1.33. The van der Waals surface area contributed by atoms with Crippen molar-refractivity contribution in [1.82, 2.24) is 0 Å². The normalized spacial score (nSPS) is 36.5. The summed E-state index contributed by atoms with van der Waals surface area (Å²) in [5.41, 5.74) is -0.407. The molecule has 62 valence electrons. The number of carbonyl (C=O) groups is 1. The van der Waals surface area contributed by atoms with Crippen LogP contribution in [-0.4, -0.2) is 18.5 Å². The number of rotatable bonds is 3. The minimum atomic E-state index is -0.407. The summed E-state index contributed by atoms with van der Waals surface area (Å²) in [5, 5.41) is 0. The minimum Gasteiger partial charge on any atom is -0.377 e. The zero-order chi connectivity index (χ0) is 8.48. The first-order chi connectivity index (χ1) is 5.15. The van der Waals surface area contributed by atoms with E-state index in [9.17, 15) is 4.79 Å². The Balaban J connectivity index is 2.60. The number of carbonyl (C=O) groups excluding carboxylic acids is 1. The Morgan fingerprint density at radius 2 is 2.55 bits per heavy atom. The second-order valence-electron chi connectivity index (χ2n) is 3.06. The van der Waals surface area contributed by atoms with Crippen molar-refractivity contribution >= 4 is 5.78 Å². The molecule has 0 spiro atoms. The van der Waals surface area contributed by atoms with E-state index in [1.807, 2.05) is 13.8 Å². The molecule has 1 rings (SSSR count). The summed E-state index contributed by atoms with van der Waals surface area (Å²) in [6.07, 6.45) is 2.31. The van der Waals surface area contributed by atoms with E-state index in [4.69, 9.17) is 4.74 Å². The van der Waals surface area contributed by atoms with Crippen LogP contribution in [0.4, 0.5) is 0 Å². The Labute approximate surface area is 67.2 Å². The molecule has 0 bridgehead atoms. The summed E-state index contributed by atoms with van der Waals surface area (Å²) in [7, 11) is 0. The van der Waals surface area contributed by atoms with E-state index in [1.165, 1.54) is 0 Å². The number of hydrogen-bond donors (Lipinski definition) is 0. The second-order valence-corrected chi connectivity index (χ2v) is 3.06. The fraction of sp³-hybridized carbons (Fsp3) is 0.667. The molecule has 0 aromatic rings. The summed E-state index contributed by atoms with van der Waals surface area (Å²) >= 11 is 0. The van der Waals surface area contributed by atoms with E-state index in [0.29, 0.717) is 13.0 Å². The molecule has 1 aliphatic carbocycles. The monoisotopic (exact) mass is 154 g/mol. The molecule has 1 saturated carbocycles. The SMILES string of the molecule is C=C[C@@]1(C)C(=O)C[C@@H]1OCC. The first-order valence-electron chi connectivity index (χ1n) is 3.93. The largest absolute Gasteiger partial charge is 0.377 e. The average molecular weight is 154 g/mol. The maximum Gasteiger partial charge on any atom is 0.147 e. The van der Waals surface area contributed by atoms with Crippen molar-refractivity contribution < 1.29 is 9.53 Å². The van der Waals surface area contributed by atoms with Crippen LogP contribution in [-0.2, 0) is 9.53 Å². The average Bonchev–Trinajstić information content (AvgIpc) is 2.03. The standard InChI is InChI=1S/C9H14O2/c1-4-9(3)7(10)6-8(9)11-5-2/h4,8H,1,5-6H2,2-3H3/t8-,9-/m0/s1. The maximum absolute atomic E-state index is 11.1. The number of ether oxygens (including phenoxy) is 1. The topological polar surface area (TPSA) is 26.3 Å². The Morgan fingerprint density at radius 1 is 1.91 bits per heavy atom. The molecular formula is C9H14O2. The molecule has 0 amide bonds. The van der Waals surface area contributed by atoms with Crippen LogP contribution in [0.3, 0.4) is 0 Å². The van der Waals surface area contributed by atoms with Gasteiger partial charge in [0, 0.05) is 13.0 Å². The highest BCUT2D eigenvalue weighted by molar-refractivity contribution is 5.93. The molecule has 2 heteroatoms. The Hall–Kier alpha value is -0.630. The molecule has 0 radical (unpaired) electrons. The lowest BCUT2D eigenvalue weighted by Gasteiger charge is -2.42. The summed E-state index contributed by atoms with van der Waals surface area (Å²) in [4.78, 5) is 11.1. The molecule has 0 heterocycles. The van der Waals surface area contributed by atoms with Gasteiger partial charge >= 0.3 is 0 Å². The summed E-state index contributed by atoms with van der Waals surface area (Å²) in [6, 6.07) is 0. The highest BCUT2D eigenvalue weighted by Gasteiger charge is 2.49.